The van der Waals surface area contributed by atoms with Crippen LogP contribution < -0.4 is 0 Å². The number of aromatic hydroxyl groups is 1. The van der Waals surface area contributed by atoms with Crippen LogP contribution >= 0.6 is 12.4 Å². The van der Waals surface area contributed by atoms with E-state index in [-0.39, 0.29) is 18.2 Å². The number of phenolic OH excluding ortho intramolecular Hbond substituents is 1. The summed E-state index contributed by atoms with van der Waals surface area (Å²) >= 11 is 0. The molecule has 0 saturated heterocycles. The van der Waals surface area contributed by atoms with E-state index in [9.17, 15) is 5.11 Å². The van der Waals surface area contributed by atoms with Crippen molar-refractivity contribution in [2.75, 3.05) is 0 Å². The molecular formula is C12H11ClN2O. The molecule has 1 heterocycles. The molecule has 3 nitrogen and oxygen atoms in total. The van der Waals surface area contributed by atoms with E-state index >= 15 is 0 Å². The van der Waals surface area contributed by atoms with Gasteiger partial charge in [0.25, 0.3) is 0 Å². The van der Waals surface area contributed by atoms with Gasteiger partial charge in [0.1, 0.15) is 5.75 Å². The zero-order chi connectivity index (χ0) is 10.5. The van der Waals surface area contributed by atoms with Gasteiger partial charge in [-0.2, -0.15) is 0 Å². The van der Waals surface area contributed by atoms with E-state index in [0.717, 1.165) is 5.56 Å². The third-order valence-corrected chi connectivity index (χ3v) is 1.93. The molecule has 0 unspecified atom stereocenters. The van der Waals surface area contributed by atoms with Crippen LogP contribution in [0.1, 0.15) is 11.4 Å². The second kappa shape index (κ2) is 5.88. The Balaban J connectivity index is 0.00000128. The number of hydrogen-bond donors (Lipinski definition) is 1. The van der Waals surface area contributed by atoms with Gasteiger partial charge in [0.2, 0.25) is 0 Å². The van der Waals surface area contributed by atoms with Gasteiger partial charge < -0.3 is 5.11 Å². The van der Waals surface area contributed by atoms with Crippen LogP contribution in [-0.2, 0) is 0 Å². The van der Waals surface area contributed by atoms with Crippen LogP contribution in [0, 0.1) is 0 Å². The van der Waals surface area contributed by atoms with E-state index in [0.29, 0.717) is 5.82 Å². The summed E-state index contributed by atoms with van der Waals surface area (Å²) in [6.07, 6.45) is 6.90. The number of phenols is 1. The standard InChI is InChI=1S/C12H10N2O.ClH/c15-11-5-2-1-4-10(11)6-7-12-13-8-3-9-14-12;/h1-9,15H;1H. The highest BCUT2D eigenvalue weighted by Crippen LogP contribution is 2.17. The van der Waals surface area contributed by atoms with E-state index in [2.05, 4.69) is 9.97 Å². The Morgan fingerprint density at radius 3 is 2.31 bits per heavy atom. The van der Waals surface area contributed by atoms with Crippen molar-refractivity contribution in [2.45, 2.75) is 0 Å². The highest BCUT2D eigenvalue weighted by Gasteiger charge is 1.94. The molecule has 0 radical (unpaired) electrons. The fourth-order valence-electron chi connectivity index (χ4n) is 1.19. The zero-order valence-corrected chi connectivity index (χ0v) is 9.26. The van der Waals surface area contributed by atoms with Crippen LogP contribution in [-0.4, -0.2) is 15.1 Å². The molecule has 82 valence electrons. The van der Waals surface area contributed by atoms with Gasteiger partial charge in [-0.15, -0.1) is 12.4 Å². The normalized spacial score (nSPS) is 10.0. The molecule has 0 aliphatic rings. The van der Waals surface area contributed by atoms with Gasteiger partial charge in [0, 0.05) is 18.0 Å². The van der Waals surface area contributed by atoms with Gasteiger partial charge in [-0.1, -0.05) is 18.2 Å². The first-order valence-electron chi connectivity index (χ1n) is 4.59. The van der Waals surface area contributed by atoms with Gasteiger partial charge in [-0.25, -0.2) is 9.97 Å². The molecule has 0 fully saturated rings. The Hall–Kier alpha value is -1.87. The average molecular weight is 235 g/mol. The van der Waals surface area contributed by atoms with E-state index in [1.165, 1.54) is 0 Å². The summed E-state index contributed by atoms with van der Waals surface area (Å²) < 4.78 is 0. The summed E-state index contributed by atoms with van der Waals surface area (Å²) in [6.45, 7) is 0. The SMILES string of the molecule is Cl.Oc1ccccc1C=Cc1ncccn1. The number of para-hydroxylation sites is 1. The lowest BCUT2D eigenvalue weighted by Crippen LogP contribution is -1.82. The van der Waals surface area contributed by atoms with Crippen LogP contribution in [0.3, 0.4) is 0 Å². The summed E-state index contributed by atoms with van der Waals surface area (Å²) in [5, 5.41) is 9.50. The number of rotatable bonds is 2. The van der Waals surface area contributed by atoms with Crippen molar-refractivity contribution in [2.24, 2.45) is 0 Å². The number of hydrogen-bond acceptors (Lipinski definition) is 3. The Morgan fingerprint density at radius 2 is 1.62 bits per heavy atom. The number of halogens is 1. The van der Waals surface area contributed by atoms with Crippen LogP contribution in [0.2, 0.25) is 0 Å². The summed E-state index contributed by atoms with van der Waals surface area (Å²) in [6, 6.07) is 8.88. The molecule has 0 bridgehead atoms. The smallest absolute Gasteiger partial charge is 0.151 e. The fourth-order valence-corrected chi connectivity index (χ4v) is 1.19. The molecule has 1 aromatic carbocycles. The number of nitrogens with zero attached hydrogens (tertiary/aromatic N) is 2. The van der Waals surface area contributed by atoms with Gasteiger partial charge in [0.15, 0.2) is 5.82 Å². The zero-order valence-electron chi connectivity index (χ0n) is 8.45. The van der Waals surface area contributed by atoms with Gasteiger partial charge >= 0.3 is 0 Å². The quantitative estimate of drug-likeness (QED) is 0.869. The lowest BCUT2D eigenvalue weighted by molar-refractivity contribution is 0.474. The molecule has 0 aliphatic heterocycles. The van der Waals surface area contributed by atoms with Crippen molar-refractivity contribution >= 4 is 24.6 Å². The summed E-state index contributed by atoms with van der Waals surface area (Å²) in [5.74, 6) is 0.880. The first-order chi connectivity index (χ1) is 7.36. The van der Waals surface area contributed by atoms with E-state index in [1.807, 2.05) is 12.1 Å². The molecule has 0 aliphatic carbocycles. The third-order valence-electron chi connectivity index (χ3n) is 1.93. The topological polar surface area (TPSA) is 46.0 Å². The molecule has 4 heteroatoms. The minimum absolute atomic E-state index is 0. The largest absolute Gasteiger partial charge is 0.507 e. The maximum Gasteiger partial charge on any atom is 0.151 e. The van der Waals surface area contributed by atoms with Crippen LogP contribution in [0.25, 0.3) is 12.2 Å². The predicted molar refractivity (Wildman–Crippen MR) is 66.3 cm³/mol. The number of aromatic nitrogens is 2. The first-order valence-corrected chi connectivity index (χ1v) is 4.59. The molecule has 16 heavy (non-hydrogen) atoms. The van der Waals surface area contributed by atoms with E-state index < -0.39 is 0 Å². The van der Waals surface area contributed by atoms with Crippen LogP contribution in [0.15, 0.2) is 42.7 Å². The molecule has 1 aromatic heterocycles. The molecule has 0 amide bonds. The minimum atomic E-state index is 0. The highest BCUT2D eigenvalue weighted by atomic mass is 35.5. The average Bonchev–Trinajstić information content (AvgIpc) is 2.29. The molecule has 2 rings (SSSR count). The Kier molecular flexibility index (Phi) is 4.48. The van der Waals surface area contributed by atoms with Crippen molar-refractivity contribution in [1.82, 2.24) is 9.97 Å². The minimum Gasteiger partial charge on any atom is -0.507 e. The molecule has 0 spiro atoms. The number of benzene rings is 1. The maximum absolute atomic E-state index is 9.50. The predicted octanol–water partition coefficient (Wildman–Crippen LogP) is 2.77. The molecule has 0 atom stereocenters. The third kappa shape index (κ3) is 3.07. The van der Waals surface area contributed by atoms with Crippen molar-refractivity contribution in [1.29, 1.82) is 0 Å². The summed E-state index contributed by atoms with van der Waals surface area (Å²) in [5.41, 5.74) is 0.755. The summed E-state index contributed by atoms with van der Waals surface area (Å²) in [7, 11) is 0. The van der Waals surface area contributed by atoms with Crippen molar-refractivity contribution < 1.29 is 5.11 Å². The van der Waals surface area contributed by atoms with Crippen molar-refractivity contribution in [3.8, 4) is 5.75 Å². The maximum atomic E-state index is 9.50. The highest BCUT2D eigenvalue weighted by molar-refractivity contribution is 5.85. The van der Waals surface area contributed by atoms with Crippen LogP contribution in [0.5, 0.6) is 5.75 Å². The second-order valence-corrected chi connectivity index (χ2v) is 3.00. The summed E-state index contributed by atoms with van der Waals surface area (Å²) in [4.78, 5) is 8.09. The first kappa shape index (κ1) is 12.2. The van der Waals surface area contributed by atoms with Gasteiger partial charge in [-0.05, 0) is 24.3 Å². The lowest BCUT2D eigenvalue weighted by Gasteiger charge is -1.96. The van der Waals surface area contributed by atoms with Crippen LogP contribution in [0.4, 0.5) is 0 Å². The monoisotopic (exact) mass is 234 g/mol. The molecule has 1 N–H and O–H groups in total. The Morgan fingerprint density at radius 1 is 0.938 bits per heavy atom. The second-order valence-electron chi connectivity index (χ2n) is 3.00. The van der Waals surface area contributed by atoms with Crippen molar-refractivity contribution in [3.05, 3.63) is 54.1 Å². The Bertz CT molecular complexity index is 471. The van der Waals surface area contributed by atoms with Gasteiger partial charge in [0.05, 0.1) is 0 Å². The van der Waals surface area contributed by atoms with E-state index in [4.69, 9.17) is 0 Å². The van der Waals surface area contributed by atoms with E-state index in [1.54, 1.807) is 42.7 Å². The fraction of sp³-hybridized carbons (Fsp3) is 0. The Labute approximate surface area is 99.9 Å². The molecule has 2 aromatic rings. The molecular weight excluding hydrogens is 224 g/mol. The van der Waals surface area contributed by atoms with Gasteiger partial charge in [-0.3, -0.25) is 0 Å². The molecule has 0 saturated carbocycles. The lowest BCUT2D eigenvalue weighted by atomic mass is 10.2. The van der Waals surface area contributed by atoms with Crippen molar-refractivity contribution in [3.63, 3.8) is 0 Å².